The van der Waals surface area contributed by atoms with E-state index in [0.29, 0.717) is 0 Å². The third kappa shape index (κ3) is 2.17. The first-order valence-electron chi connectivity index (χ1n) is 7.08. The van der Waals surface area contributed by atoms with Crippen molar-refractivity contribution in [2.45, 2.75) is 44.6 Å². The Balaban J connectivity index is 1.84. The lowest BCUT2D eigenvalue weighted by Crippen LogP contribution is -2.46. The van der Waals surface area contributed by atoms with Gasteiger partial charge in [-0.2, -0.15) is 0 Å². The molecule has 0 spiro atoms. The lowest BCUT2D eigenvalue weighted by atomic mass is 9.78. The van der Waals surface area contributed by atoms with E-state index in [9.17, 15) is 0 Å². The van der Waals surface area contributed by atoms with Crippen molar-refractivity contribution in [3.63, 3.8) is 0 Å². The summed E-state index contributed by atoms with van der Waals surface area (Å²) >= 11 is 0. The molecule has 1 aromatic heterocycles. The number of hydrogen-bond donors (Lipinski definition) is 2. The number of aromatic nitrogens is 1. The molecule has 0 unspecified atom stereocenters. The zero-order chi connectivity index (χ0) is 12.4. The maximum atomic E-state index is 5.45. The Hall–Kier alpha value is -1.29. The molecule has 1 saturated heterocycles. The highest BCUT2D eigenvalue weighted by Crippen LogP contribution is 2.37. The van der Waals surface area contributed by atoms with Gasteiger partial charge in [-0.25, -0.2) is 10.8 Å². The van der Waals surface area contributed by atoms with Crippen molar-refractivity contribution in [1.82, 2.24) is 4.98 Å². The highest BCUT2D eigenvalue weighted by atomic mass is 15.3. The van der Waals surface area contributed by atoms with Crippen LogP contribution >= 0.6 is 0 Å². The van der Waals surface area contributed by atoms with Crippen LogP contribution in [0, 0.1) is 5.92 Å². The first-order valence-corrected chi connectivity index (χ1v) is 7.08. The standard InChI is InChI=1S/C14H22N4/c15-17-14-10-12(7-8-16-14)18-9-3-5-11-4-1-2-6-13(11)18/h7-8,10-11,13H,1-6,9,15H2,(H,16,17)/t11-,13-/m1/s1. The van der Waals surface area contributed by atoms with Crippen molar-refractivity contribution in [1.29, 1.82) is 0 Å². The number of hydrazine groups is 1. The number of hydrogen-bond acceptors (Lipinski definition) is 4. The fourth-order valence-corrected chi connectivity index (χ4v) is 3.62. The van der Waals surface area contributed by atoms with E-state index in [4.69, 9.17) is 5.84 Å². The normalized spacial score (nSPS) is 27.7. The van der Waals surface area contributed by atoms with Crippen molar-refractivity contribution >= 4 is 11.5 Å². The summed E-state index contributed by atoms with van der Waals surface area (Å²) in [6.45, 7) is 1.18. The third-order valence-electron chi connectivity index (χ3n) is 4.47. The lowest BCUT2D eigenvalue weighted by molar-refractivity contribution is 0.244. The molecule has 2 atom stereocenters. The molecular weight excluding hydrogens is 224 g/mol. The number of nitrogens with two attached hydrogens (primary N) is 1. The Bertz CT molecular complexity index is 405. The van der Waals surface area contributed by atoms with Gasteiger partial charge in [0.05, 0.1) is 0 Å². The molecule has 2 fully saturated rings. The maximum Gasteiger partial charge on any atom is 0.141 e. The minimum Gasteiger partial charge on any atom is -0.368 e. The second kappa shape index (κ2) is 5.14. The molecule has 2 heterocycles. The number of piperidine rings is 1. The maximum absolute atomic E-state index is 5.45. The van der Waals surface area contributed by atoms with Crippen LogP contribution in [0.15, 0.2) is 18.3 Å². The van der Waals surface area contributed by atoms with Crippen LogP contribution in [-0.4, -0.2) is 17.6 Å². The summed E-state index contributed by atoms with van der Waals surface area (Å²) in [6.07, 6.45) is 10.1. The van der Waals surface area contributed by atoms with Crippen LogP contribution in [0.3, 0.4) is 0 Å². The highest BCUT2D eigenvalue weighted by Gasteiger charge is 2.33. The second-order valence-electron chi connectivity index (χ2n) is 5.49. The Morgan fingerprint density at radius 1 is 1.22 bits per heavy atom. The fourth-order valence-electron chi connectivity index (χ4n) is 3.62. The SMILES string of the molecule is NNc1cc(N2CCC[C@H]3CCCC[C@H]32)ccn1. The van der Waals surface area contributed by atoms with Crippen molar-refractivity contribution in [3.8, 4) is 0 Å². The van der Waals surface area contributed by atoms with E-state index in [0.717, 1.165) is 17.8 Å². The Morgan fingerprint density at radius 2 is 2.06 bits per heavy atom. The molecule has 1 aromatic rings. The van der Waals surface area contributed by atoms with E-state index in [2.05, 4.69) is 27.4 Å². The molecule has 2 aliphatic rings. The minimum absolute atomic E-state index is 0.737. The minimum atomic E-state index is 0.737. The van der Waals surface area contributed by atoms with E-state index in [1.807, 2.05) is 6.20 Å². The summed E-state index contributed by atoms with van der Waals surface area (Å²) < 4.78 is 0. The molecule has 0 bridgehead atoms. The summed E-state index contributed by atoms with van der Waals surface area (Å²) in [5.74, 6) is 7.10. The summed E-state index contributed by atoms with van der Waals surface area (Å²) in [5.41, 5.74) is 3.91. The van der Waals surface area contributed by atoms with Gasteiger partial charge in [-0.15, -0.1) is 0 Å². The lowest BCUT2D eigenvalue weighted by Gasteiger charge is -2.45. The van der Waals surface area contributed by atoms with Gasteiger partial charge < -0.3 is 10.3 Å². The first kappa shape index (κ1) is 11.8. The molecule has 4 heteroatoms. The number of pyridine rings is 1. The summed E-state index contributed by atoms with van der Waals surface area (Å²) in [4.78, 5) is 6.77. The smallest absolute Gasteiger partial charge is 0.141 e. The Labute approximate surface area is 109 Å². The zero-order valence-corrected chi connectivity index (χ0v) is 10.8. The van der Waals surface area contributed by atoms with Crippen LogP contribution in [0.1, 0.15) is 38.5 Å². The summed E-state index contributed by atoms with van der Waals surface area (Å²) in [7, 11) is 0. The number of fused-ring (bicyclic) bond motifs is 1. The van der Waals surface area contributed by atoms with Crippen LogP contribution in [0.5, 0.6) is 0 Å². The molecule has 0 amide bonds. The second-order valence-corrected chi connectivity index (χ2v) is 5.49. The van der Waals surface area contributed by atoms with Gasteiger partial charge in [0.15, 0.2) is 0 Å². The predicted molar refractivity (Wildman–Crippen MR) is 74.4 cm³/mol. The van der Waals surface area contributed by atoms with Gasteiger partial charge in [0, 0.05) is 30.5 Å². The molecule has 1 saturated carbocycles. The van der Waals surface area contributed by atoms with Gasteiger partial charge in [0.25, 0.3) is 0 Å². The molecule has 4 nitrogen and oxygen atoms in total. The molecular formula is C14H22N4. The summed E-state index contributed by atoms with van der Waals surface area (Å²) in [6, 6.07) is 4.91. The van der Waals surface area contributed by atoms with E-state index in [1.54, 1.807) is 0 Å². The van der Waals surface area contributed by atoms with Crippen LogP contribution in [0.25, 0.3) is 0 Å². The third-order valence-corrected chi connectivity index (χ3v) is 4.47. The number of anilines is 2. The fraction of sp³-hybridized carbons (Fsp3) is 0.643. The average Bonchev–Trinajstić information content (AvgIpc) is 2.47. The van der Waals surface area contributed by atoms with E-state index >= 15 is 0 Å². The number of nitrogens with one attached hydrogen (secondary N) is 1. The largest absolute Gasteiger partial charge is 0.368 e. The molecule has 98 valence electrons. The van der Waals surface area contributed by atoms with Gasteiger partial charge in [0.2, 0.25) is 0 Å². The molecule has 1 aliphatic carbocycles. The van der Waals surface area contributed by atoms with Gasteiger partial charge in [-0.05, 0) is 37.7 Å². The van der Waals surface area contributed by atoms with Crippen LogP contribution < -0.4 is 16.2 Å². The monoisotopic (exact) mass is 246 g/mol. The average molecular weight is 246 g/mol. The van der Waals surface area contributed by atoms with Crippen LogP contribution in [0.2, 0.25) is 0 Å². The zero-order valence-electron chi connectivity index (χ0n) is 10.8. The van der Waals surface area contributed by atoms with Crippen molar-refractivity contribution < 1.29 is 0 Å². The molecule has 1 aliphatic heterocycles. The van der Waals surface area contributed by atoms with Gasteiger partial charge in [-0.1, -0.05) is 12.8 Å². The number of rotatable bonds is 2. The van der Waals surface area contributed by atoms with Crippen LogP contribution in [0.4, 0.5) is 11.5 Å². The summed E-state index contributed by atoms with van der Waals surface area (Å²) in [5, 5.41) is 0. The van der Waals surface area contributed by atoms with E-state index < -0.39 is 0 Å². The van der Waals surface area contributed by atoms with Gasteiger partial charge in [-0.3, -0.25) is 0 Å². The highest BCUT2D eigenvalue weighted by molar-refractivity contribution is 5.54. The Kier molecular flexibility index (Phi) is 3.37. The molecule has 0 aromatic carbocycles. The first-order chi connectivity index (χ1) is 8.88. The quantitative estimate of drug-likeness (QED) is 0.622. The Morgan fingerprint density at radius 3 is 2.94 bits per heavy atom. The molecule has 3 rings (SSSR count). The van der Waals surface area contributed by atoms with E-state index in [1.165, 1.54) is 50.8 Å². The molecule has 0 radical (unpaired) electrons. The number of nitrogen functional groups attached to an aromatic ring is 1. The topological polar surface area (TPSA) is 54.2 Å². The van der Waals surface area contributed by atoms with Crippen molar-refractivity contribution in [2.24, 2.45) is 11.8 Å². The van der Waals surface area contributed by atoms with Gasteiger partial charge in [0.1, 0.15) is 5.82 Å². The van der Waals surface area contributed by atoms with Crippen molar-refractivity contribution in [2.75, 3.05) is 16.9 Å². The number of nitrogens with zero attached hydrogens (tertiary/aromatic N) is 2. The molecule has 18 heavy (non-hydrogen) atoms. The van der Waals surface area contributed by atoms with E-state index in [-0.39, 0.29) is 0 Å². The van der Waals surface area contributed by atoms with Crippen molar-refractivity contribution in [3.05, 3.63) is 18.3 Å². The molecule has 3 N–H and O–H groups in total. The van der Waals surface area contributed by atoms with Crippen LogP contribution in [-0.2, 0) is 0 Å². The predicted octanol–water partition coefficient (Wildman–Crippen LogP) is 2.53. The van der Waals surface area contributed by atoms with Gasteiger partial charge >= 0.3 is 0 Å².